The Bertz CT molecular complexity index is 110. The minimum absolute atomic E-state index is 0.113. The molecule has 0 saturated carbocycles. The average molecular weight is 180 g/mol. The van der Waals surface area contributed by atoms with Gasteiger partial charge < -0.3 is 31.5 Å². The van der Waals surface area contributed by atoms with Crippen LogP contribution >= 0.6 is 0 Å². The maximum absolute atomic E-state index is 8.94. The zero-order valence-corrected chi connectivity index (χ0v) is 6.76. The second-order valence-electron chi connectivity index (χ2n) is 2.39. The molecule has 0 rings (SSSR count). The number of rotatable bonds is 6. The Kier molecular flexibility index (Phi) is 6.17. The zero-order chi connectivity index (χ0) is 9.56. The highest BCUT2D eigenvalue weighted by Gasteiger charge is 2.17. The summed E-state index contributed by atoms with van der Waals surface area (Å²) in [6.45, 7) is -0.630. The van der Waals surface area contributed by atoms with Crippen molar-refractivity contribution in [2.45, 2.75) is 18.4 Å². The predicted octanol–water partition coefficient (Wildman–Crippen LogP) is -3.04. The molecule has 74 valence electrons. The standard InChI is InChI=1S/C6H16N2O4/c7-1-4(2-9)12-6(8)5(11)3-10/h4-6,9-11H,1-3,7-8H2. The molecule has 6 nitrogen and oxygen atoms in total. The highest BCUT2D eigenvalue weighted by molar-refractivity contribution is 4.65. The zero-order valence-electron chi connectivity index (χ0n) is 6.76. The van der Waals surface area contributed by atoms with Crippen LogP contribution in [0.5, 0.6) is 0 Å². The Hall–Kier alpha value is -0.240. The van der Waals surface area contributed by atoms with Gasteiger partial charge in [-0.3, -0.25) is 0 Å². The summed E-state index contributed by atoms with van der Waals surface area (Å²) >= 11 is 0. The minimum atomic E-state index is -1.15. The highest BCUT2D eigenvalue weighted by Crippen LogP contribution is 1.96. The van der Waals surface area contributed by atoms with Crippen molar-refractivity contribution in [3.63, 3.8) is 0 Å². The van der Waals surface area contributed by atoms with Crippen LogP contribution in [0.1, 0.15) is 0 Å². The van der Waals surface area contributed by atoms with Crippen molar-refractivity contribution in [1.29, 1.82) is 0 Å². The average Bonchev–Trinajstić information content (AvgIpc) is 2.12. The van der Waals surface area contributed by atoms with Crippen molar-refractivity contribution in [1.82, 2.24) is 0 Å². The van der Waals surface area contributed by atoms with Crippen molar-refractivity contribution >= 4 is 0 Å². The molecule has 0 fully saturated rings. The Balaban J connectivity index is 3.72. The first-order valence-electron chi connectivity index (χ1n) is 3.66. The van der Waals surface area contributed by atoms with E-state index >= 15 is 0 Å². The lowest BCUT2D eigenvalue weighted by Crippen LogP contribution is -2.44. The lowest BCUT2D eigenvalue weighted by Gasteiger charge is -2.22. The number of nitrogens with two attached hydrogens (primary N) is 2. The molecular formula is C6H16N2O4. The van der Waals surface area contributed by atoms with Gasteiger partial charge in [0.15, 0.2) is 0 Å². The summed E-state index contributed by atoms with van der Waals surface area (Å²) in [5.74, 6) is 0. The van der Waals surface area contributed by atoms with Crippen LogP contribution in [0.15, 0.2) is 0 Å². The summed E-state index contributed by atoms with van der Waals surface area (Å²) in [4.78, 5) is 0. The molecule has 0 aliphatic rings. The first-order valence-corrected chi connectivity index (χ1v) is 3.66. The van der Waals surface area contributed by atoms with Gasteiger partial charge >= 0.3 is 0 Å². The fraction of sp³-hybridized carbons (Fsp3) is 1.00. The molecule has 0 spiro atoms. The summed E-state index contributed by atoms with van der Waals surface area (Å²) in [5.41, 5.74) is 10.5. The van der Waals surface area contributed by atoms with Crippen LogP contribution in [0.2, 0.25) is 0 Å². The molecule has 3 unspecified atom stereocenters. The smallest absolute Gasteiger partial charge is 0.134 e. The molecule has 12 heavy (non-hydrogen) atoms. The molecule has 0 aliphatic carbocycles. The maximum atomic E-state index is 8.94. The van der Waals surface area contributed by atoms with Gasteiger partial charge in [0.1, 0.15) is 12.3 Å². The minimum Gasteiger partial charge on any atom is -0.394 e. The van der Waals surface area contributed by atoms with Gasteiger partial charge in [-0.05, 0) is 0 Å². The summed E-state index contributed by atoms with van der Waals surface area (Å²) in [5, 5.41) is 26.0. The number of hydrogen-bond acceptors (Lipinski definition) is 6. The van der Waals surface area contributed by atoms with E-state index in [2.05, 4.69) is 0 Å². The molecule has 3 atom stereocenters. The lowest BCUT2D eigenvalue weighted by atomic mass is 10.3. The van der Waals surface area contributed by atoms with Crippen molar-refractivity contribution in [2.75, 3.05) is 19.8 Å². The third-order valence-electron chi connectivity index (χ3n) is 1.38. The molecule has 0 heterocycles. The van der Waals surface area contributed by atoms with Crippen LogP contribution in [-0.2, 0) is 4.74 Å². The van der Waals surface area contributed by atoms with Gasteiger partial charge in [-0.1, -0.05) is 0 Å². The molecule has 6 heteroatoms. The van der Waals surface area contributed by atoms with Crippen LogP contribution in [0.3, 0.4) is 0 Å². The quantitative estimate of drug-likeness (QED) is 0.277. The molecule has 0 radical (unpaired) electrons. The molecule has 0 aromatic rings. The van der Waals surface area contributed by atoms with Crippen molar-refractivity contribution in [3.05, 3.63) is 0 Å². The van der Waals surface area contributed by atoms with E-state index in [1.807, 2.05) is 0 Å². The van der Waals surface area contributed by atoms with E-state index in [0.29, 0.717) is 0 Å². The largest absolute Gasteiger partial charge is 0.394 e. The summed E-state index contributed by atoms with van der Waals surface area (Å²) in [6, 6.07) is 0. The summed E-state index contributed by atoms with van der Waals surface area (Å²) in [6.07, 6.45) is -2.76. The highest BCUT2D eigenvalue weighted by atomic mass is 16.5. The first-order chi connectivity index (χ1) is 5.65. The van der Waals surface area contributed by atoms with Gasteiger partial charge in [-0.25, -0.2) is 0 Å². The van der Waals surface area contributed by atoms with E-state index in [-0.39, 0.29) is 13.2 Å². The van der Waals surface area contributed by atoms with Crippen molar-refractivity contribution < 1.29 is 20.1 Å². The van der Waals surface area contributed by atoms with Crippen LogP contribution in [-0.4, -0.2) is 53.5 Å². The summed E-state index contributed by atoms with van der Waals surface area (Å²) < 4.78 is 4.89. The van der Waals surface area contributed by atoms with E-state index in [1.165, 1.54) is 0 Å². The molecule has 0 amide bonds. The molecule has 0 aromatic heterocycles. The molecule has 0 aliphatic heterocycles. The van der Waals surface area contributed by atoms with Gasteiger partial charge in [0.25, 0.3) is 0 Å². The summed E-state index contributed by atoms with van der Waals surface area (Å²) in [7, 11) is 0. The van der Waals surface area contributed by atoms with Crippen molar-refractivity contribution in [3.8, 4) is 0 Å². The number of ether oxygens (including phenoxy) is 1. The molecule has 0 bridgehead atoms. The van der Waals surface area contributed by atoms with Gasteiger partial charge in [0, 0.05) is 6.54 Å². The molecule has 7 N–H and O–H groups in total. The maximum Gasteiger partial charge on any atom is 0.134 e. The number of hydrogen-bond donors (Lipinski definition) is 5. The topological polar surface area (TPSA) is 122 Å². The Morgan fingerprint density at radius 2 is 1.83 bits per heavy atom. The predicted molar refractivity (Wildman–Crippen MR) is 42.1 cm³/mol. The van der Waals surface area contributed by atoms with E-state index in [1.54, 1.807) is 0 Å². The second kappa shape index (κ2) is 6.30. The van der Waals surface area contributed by atoms with Gasteiger partial charge in [0.2, 0.25) is 0 Å². The normalized spacial score (nSPS) is 18.8. The molecular weight excluding hydrogens is 164 g/mol. The van der Waals surface area contributed by atoms with Gasteiger partial charge in [0.05, 0.1) is 19.3 Å². The third-order valence-corrected chi connectivity index (χ3v) is 1.38. The first kappa shape index (κ1) is 11.8. The van der Waals surface area contributed by atoms with E-state index < -0.39 is 25.0 Å². The van der Waals surface area contributed by atoms with E-state index in [9.17, 15) is 0 Å². The second-order valence-corrected chi connectivity index (χ2v) is 2.39. The molecule has 0 aromatic carbocycles. The van der Waals surface area contributed by atoms with Crippen LogP contribution in [0.4, 0.5) is 0 Å². The van der Waals surface area contributed by atoms with Crippen molar-refractivity contribution in [2.24, 2.45) is 11.5 Å². The van der Waals surface area contributed by atoms with E-state index in [0.717, 1.165) is 0 Å². The Morgan fingerprint density at radius 3 is 2.17 bits per heavy atom. The van der Waals surface area contributed by atoms with Crippen LogP contribution < -0.4 is 11.5 Å². The fourth-order valence-corrected chi connectivity index (χ4v) is 0.590. The van der Waals surface area contributed by atoms with Gasteiger partial charge in [-0.2, -0.15) is 0 Å². The van der Waals surface area contributed by atoms with Crippen LogP contribution in [0.25, 0.3) is 0 Å². The van der Waals surface area contributed by atoms with Crippen LogP contribution in [0, 0.1) is 0 Å². The Labute approximate surface area is 70.7 Å². The Morgan fingerprint density at radius 1 is 1.25 bits per heavy atom. The fourth-order valence-electron chi connectivity index (χ4n) is 0.590. The number of aliphatic hydroxyl groups excluding tert-OH is 3. The third kappa shape index (κ3) is 3.96. The molecule has 0 saturated heterocycles. The SMILES string of the molecule is NCC(CO)OC(N)C(O)CO. The van der Waals surface area contributed by atoms with Gasteiger partial charge in [-0.15, -0.1) is 0 Å². The lowest BCUT2D eigenvalue weighted by molar-refractivity contribution is -0.0971. The van der Waals surface area contributed by atoms with E-state index in [4.69, 9.17) is 31.5 Å². The number of aliphatic hydroxyl groups is 3. The monoisotopic (exact) mass is 180 g/mol.